The van der Waals surface area contributed by atoms with Gasteiger partial charge >= 0.3 is 0 Å². The minimum absolute atomic E-state index is 0.125. The topological polar surface area (TPSA) is 52.9 Å². The van der Waals surface area contributed by atoms with Gasteiger partial charge in [-0.15, -0.1) is 0 Å². The van der Waals surface area contributed by atoms with Crippen LogP contribution >= 0.6 is 0 Å². The number of hydrogen-bond donors (Lipinski definition) is 1. The van der Waals surface area contributed by atoms with Crippen LogP contribution < -0.4 is 5.32 Å². The molecule has 1 amide bonds. The average molecular weight is 352 g/mol. The van der Waals surface area contributed by atoms with Crippen LogP contribution in [0, 0.1) is 11.3 Å². The molecule has 132 valence electrons. The number of amides is 1. The highest BCUT2D eigenvalue weighted by atomic mass is 16.2. The van der Waals surface area contributed by atoms with Crippen molar-refractivity contribution in [3.05, 3.63) is 102 Å². The van der Waals surface area contributed by atoms with E-state index in [1.165, 1.54) is 0 Å². The van der Waals surface area contributed by atoms with Crippen molar-refractivity contribution in [1.29, 1.82) is 5.26 Å². The molecule has 0 aromatic heterocycles. The lowest BCUT2D eigenvalue weighted by Crippen LogP contribution is -2.52. The third kappa shape index (κ3) is 2.45. The van der Waals surface area contributed by atoms with Crippen molar-refractivity contribution in [2.45, 2.75) is 24.2 Å². The Labute approximate surface area is 159 Å². The van der Waals surface area contributed by atoms with Crippen molar-refractivity contribution in [3.63, 3.8) is 0 Å². The molecule has 0 spiro atoms. The molecule has 0 fully saturated rings. The van der Waals surface area contributed by atoms with Crippen LogP contribution in [0.4, 0.5) is 5.69 Å². The molecular formula is C24H20N2O. The van der Waals surface area contributed by atoms with Gasteiger partial charge in [0.25, 0.3) is 0 Å². The molecule has 3 heteroatoms. The van der Waals surface area contributed by atoms with E-state index in [0.29, 0.717) is 6.42 Å². The predicted octanol–water partition coefficient (Wildman–Crippen LogP) is 4.60. The summed E-state index contributed by atoms with van der Waals surface area (Å²) in [5, 5.41) is 13.4. The molecule has 1 aliphatic heterocycles. The second-order valence-electron chi connectivity index (χ2n) is 7.17. The summed E-state index contributed by atoms with van der Waals surface area (Å²) in [4.78, 5) is 13.5. The zero-order valence-corrected chi connectivity index (χ0v) is 15.1. The molecule has 0 aliphatic carbocycles. The Balaban J connectivity index is 2.01. The smallest absolute Gasteiger partial charge is 0.237 e. The van der Waals surface area contributed by atoms with Crippen LogP contribution in [-0.2, 0) is 22.0 Å². The zero-order valence-electron chi connectivity index (χ0n) is 15.1. The van der Waals surface area contributed by atoms with E-state index in [-0.39, 0.29) is 5.91 Å². The van der Waals surface area contributed by atoms with Gasteiger partial charge in [-0.25, -0.2) is 0 Å². The molecule has 0 radical (unpaired) electrons. The van der Waals surface area contributed by atoms with E-state index < -0.39 is 10.8 Å². The lowest BCUT2D eigenvalue weighted by atomic mass is 9.56. The molecule has 1 aliphatic rings. The van der Waals surface area contributed by atoms with Crippen molar-refractivity contribution in [2.75, 3.05) is 5.32 Å². The van der Waals surface area contributed by atoms with E-state index in [1.807, 2.05) is 91.9 Å². The molecule has 0 saturated carbocycles. The Morgan fingerprint density at radius 3 is 2.19 bits per heavy atom. The van der Waals surface area contributed by atoms with E-state index >= 15 is 0 Å². The molecule has 1 heterocycles. The van der Waals surface area contributed by atoms with Crippen LogP contribution in [-0.4, -0.2) is 5.91 Å². The normalized spacial score (nSPS) is 20.2. The molecule has 4 rings (SSSR count). The number of fused-ring (bicyclic) bond motifs is 1. The van der Waals surface area contributed by atoms with Crippen molar-refractivity contribution in [1.82, 2.24) is 0 Å². The van der Waals surface area contributed by atoms with Crippen molar-refractivity contribution >= 4 is 11.6 Å². The summed E-state index contributed by atoms with van der Waals surface area (Å²) in [5.74, 6) is -0.125. The standard InChI is InChI=1S/C24H20N2O/c1-23(17-25,19-12-6-3-7-13-19)24(16-18-10-4-2-5-11-18)20-14-8-9-15-21(20)26-22(24)27/h2-15H,16H2,1H3,(H,26,27)/t23-,24+/m0/s1. The molecule has 0 unspecified atom stereocenters. The first-order chi connectivity index (χ1) is 13.1. The van der Waals surface area contributed by atoms with Gasteiger partial charge in [0.1, 0.15) is 5.41 Å². The highest BCUT2D eigenvalue weighted by molar-refractivity contribution is 6.08. The number of nitriles is 1. The molecule has 1 N–H and O–H groups in total. The Bertz CT molecular complexity index is 1020. The summed E-state index contributed by atoms with van der Waals surface area (Å²) in [6, 6.07) is 29.8. The molecule has 0 bridgehead atoms. The lowest BCUT2D eigenvalue weighted by molar-refractivity contribution is -0.122. The molecule has 0 saturated heterocycles. The summed E-state index contributed by atoms with van der Waals surface area (Å²) >= 11 is 0. The van der Waals surface area contributed by atoms with E-state index in [4.69, 9.17) is 0 Å². The van der Waals surface area contributed by atoms with E-state index in [2.05, 4.69) is 11.4 Å². The highest BCUT2D eigenvalue weighted by Crippen LogP contribution is 2.52. The first-order valence-electron chi connectivity index (χ1n) is 9.03. The number of rotatable bonds is 4. The molecular weight excluding hydrogens is 332 g/mol. The van der Waals surface area contributed by atoms with Crippen molar-refractivity contribution in [2.24, 2.45) is 0 Å². The summed E-state index contributed by atoms with van der Waals surface area (Å²) in [5.41, 5.74) is 1.50. The van der Waals surface area contributed by atoms with E-state index in [0.717, 1.165) is 22.4 Å². The molecule has 3 aromatic rings. The van der Waals surface area contributed by atoms with Crippen LogP contribution in [0.5, 0.6) is 0 Å². The summed E-state index contributed by atoms with van der Waals surface area (Å²) < 4.78 is 0. The molecule has 2 atom stereocenters. The summed E-state index contributed by atoms with van der Waals surface area (Å²) in [6.07, 6.45) is 0.454. The van der Waals surface area contributed by atoms with Gasteiger partial charge in [0.05, 0.1) is 11.5 Å². The van der Waals surface area contributed by atoms with Crippen molar-refractivity contribution < 1.29 is 4.79 Å². The number of carbonyl (C=O) groups excluding carboxylic acids is 1. The number of nitrogens with one attached hydrogen (secondary N) is 1. The Kier molecular flexibility index (Phi) is 4.05. The summed E-state index contributed by atoms with van der Waals surface area (Å²) in [6.45, 7) is 1.88. The first-order valence-corrected chi connectivity index (χ1v) is 9.03. The first kappa shape index (κ1) is 17.1. The van der Waals surface area contributed by atoms with Crippen LogP contribution in [0.3, 0.4) is 0 Å². The highest BCUT2D eigenvalue weighted by Gasteiger charge is 2.59. The van der Waals surface area contributed by atoms with Gasteiger partial charge in [0.2, 0.25) is 5.91 Å². The van der Waals surface area contributed by atoms with Crippen LogP contribution in [0.25, 0.3) is 0 Å². The quantitative estimate of drug-likeness (QED) is 0.746. The van der Waals surface area contributed by atoms with E-state index in [1.54, 1.807) is 0 Å². The van der Waals surface area contributed by atoms with Gasteiger partial charge in [-0.05, 0) is 36.1 Å². The Morgan fingerprint density at radius 1 is 0.926 bits per heavy atom. The lowest BCUT2D eigenvalue weighted by Gasteiger charge is -2.41. The minimum Gasteiger partial charge on any atom is -0.325 e. The third-order valence-corrected chi connectivity index (χ3v) is 5.76. The number of carbonyl (C=O) groups is 1. The van der Waals surface area contributed by atoms with Gasteiger partial charge in [-0.1, -0.05) is 78.9 Å². The fourth-order valence-electron chi connectivity index (χ4n) is 4.24. The number of nitrogens with zero attached hydrogens (tertiary/aromatic N) is 1. The SMILES string of the molecule is C[C@](C#N)(c1ccccc1)[C@@]1(Cc2ccccc2)C(=O)Nc2ccccc21. The fourth-order valence-corrected chi connectivity index (χ4v) is 4.24. The monoisotopic (exact) mass is 352 g/mol. The second-order valence-corrected chi connectivity index (χ2v) is 7.17. The maximum atomic E-state index is 13.5. The van der Waals surface area contributed by atoms with Crippen LogP contribution in [0.15, 0.2) is 84.9 Å². The molecule has 27 heavy (non-hydrogen) atoms. The van der Waals surface area contributed by atoms with Gasteiger partial charge in [0, 0.05) is 5.69 Å². The maximum Gasteiger partial charge on any atom is 0.237 e. The van der Waals surface area contributed by atoms with Crippen LogP contribution in [0.1, 0.15) is 23.6 Å². The number of hydrogen-bond acceptors (Lipinski definition) is 2. The third-order valence-electron chi connectivity index (χ3n) is 5.76. The second kappa shape index (κ2) is 6.41. The summed E-state index contributed by atoms with van der Waals surface area (Å²) in [7, 11) is 0. The minimum atomic E-state index is -1.03. The molecule has 3 aromatic carbocycles. The van der Waals surface area contributed by atoms with Gasteiger partial charge in [-0.2, -0.15) is 5.26 Å². The van der Waals surface area contributed by atoms with Gasteiger partial charge in [0.15, 0.2) is 0 Å². The Hall–Kier alpha value is -3.38. The molecule has 3 nitrogen and oxygen atoms in total. The van der Waals surface area contributed by atoms with Crippen LogP contribution in [0.2, 0.25) is 0 Å². The fraction of sp³-hybridized carbons (Fsp3) is 0.167. The van der Waals surface area contributed by atoms with Crippen molar-refractivity contribution in [3.8, 4) is 6.07 Å². The van der Waals surface area contributed by atoms with Gasteiger partial charge in [-0.3, -0.25) is 4.79 Å². The number of benzene rings is 3. The van der Waals surface area contributed by atoms with Gasteiger partial charge < -0.3 is 5.32 Å². The average Bonchev–Trinajstić information content (AvgIpc) is 3.01. The predicted molar refractivity (Wildman–Crippen MR) is 106 cm³/mol. The number of para-hydroxylation sites is 1. The Morgan fingerprint density at radius 2 is 1.52 bits per heavy atom. The van der Waals surface area contributed by atoms with E-state index in [9.17, 15) is 10.1 Å². The zero-order chi connectivity index (χ0) is 18.9. The number of anilines is 1. The largest absolute Gasteiger partial charge is 0.325 e. The maximum absolute atomic E-state index is 13.5.